The Bertz CT molecular complexity index is 1200. The summed E-state index contributed by atoms with van der Waals surface area (Å²) in [5, 5.41) is 14.4. The van der Waals surface area contributed by atoms with Crippen molar-refractivity contribution in [2.45, 2.75) is 5.16 Å². The van der Waals surface area contributed by atoms with E-state index in [1.807, 2.05) is 47.6 Å². The van der Waals surface area contributed by atoms with Crippen LogP contribution in [-0.2, 0) is 0 Å². The number of rotatable bonds is 3. The van der Waals surface area contributed by atoms with Gasteiger partial charge >= 0.3 is 0 Å². The number of hydrogen-bond donors (Lipinski definition) is 3. The van der Waals surface area contributed by atoms with Crippen LogP contribution < -0.4 is 0 Å². The number of halogens is 5. The van der Waals surface area contributed by atoms with Gasteiger partial charge in [0.05, 0.1) is 10.0 Å². The van der Waals surface area contributed by atoms with E-state index < -0.39 is 0 Å². The number of nitrogens with one attached hydrogen (secondary N) is 3. The Morgan fingerprint density at radius 2 is 1.45 bits per heavy atom. The molecule has 0 aliphatic carbocycles. The molecule has 164 valence electrons. The number of H-pyrrole nitrogens is 3. The van der Waals surface area contributed by atoms with E-state index in [-0.39, 0.29) is 0 Å². The lowest BCUT2D eigenvalue weighted by Crippen LogP contribution is -1.82. The fourth-order valence-electron chi connectivity index (χ4n) is 2.22. The van der Waals surface area contributed by atoms with E-state index in [0.717, 1.165) is 20.1 Å². The van der Waals surface area contributed by atoms with Crippen LogP contribution in [0, 0.1) is 4.77 Å². The van der Waals surface area contributed by atoms with Crippen LogP contribution in [0.3, 0.4) is 0 Å². The monoisotopic (exact) mass is 734 g/mol. The molecule has 0 bridgehead atoms. The van der Waals surface area contributed by atoms with Gasteiger partial charge in [0.2, 0.25) is 9.93 Å². The maximum Gasteiger partial charge on any atom is 0.213 e. The van der Waals surface area contributed by atoms with E-state index in [4.69, 9.17) is 35.4 Å². The second-order valence-corrected chi connectivity index (χ2v) is 9.24. The van der Waals surface area contributed by atoms with Gasteiger partial charge in [-0.1, -0.05) is 89.4 Å². The zero-order valence-corrected chi connectivity index (χ0v) is 24.5. The second kappa shape index (κ2) is 13.3. The molecule has 0 fully saturated rings. The van der Waals surface area contributed by atoms with Gasteiger partial charge < -0.3 is 0 Å². The van der Waals surface area contributed by atoms with Gasteiger partial charge in [-0.15, -0.1) is 5.10 Å². The molecule has 0 aliphatic rings. The molecule has 4 aromatic rings. The lowest BCUT2D eigenvalue weighted by molar-refractivity contribution is 0.976. The van der Waals surface area contributed by atoms with Crippen LogP contribution in [-0.4, -0.2) is 41.5 Å². The number of benzene rings is 2. The molecule has 31 heavy (non-hydrogen) atoms. The van der Waals surface area contributed by atoms with Gasteiger partial charge in [0.15, 0.2) is 11.6 Å². The topological polar surface area (TPSA) is 86.0 Å². The van der Waals surface area contributed by atoms with Gasteiger partial charge in [-0.3, -0.25) is 15.3 Å². The van der Waals surface area contributed by atoms with Crippen molar-refractivity contribution in [3.63, 3.8) is 0 Å². The molecule has 0 amide bonds. The van der Waals surface area contributed by atoms with Crippen molar-refractivity contribution in [3.05, 3.63) is 60.2 Å². The van der Waals surface area contributed by atoms with Crippen LogP contribution in [0.15, 0.2) is 50.5 Å². The first-order chi connectivity index (χ1) is 14.9. The van der Waals surface area contributed by atoms with Crippen molar-refractivity contribution in [1.29, 1.82) is 0 Å². The first-order valence-electron chi connectivity index (χ1n) is 8.27. The lowest BCUT2D eigenvalue weighted by Gasteiger charge is -1.99. The Kier molecular flexibility index (Phi) is 11.5. The van der Waals surface area contributed by atoms with E-state index in [0.29, 0.717) is 31.6 Å². The average Bonchev–Trinajstić information content (AvgIpc) is 3.39. The van der Waals surface area contributed by atoms with Crippen molar-refractivity contribution in [1.82, 2.24) is 30.4 Å². The molecule has 13 heteroatoms. The fraction of sp³-hybridized carbons (Fsp3) is 0.111. The van der Waals surface area contributed by atoms with Gasteiger partial charge in [0.1, 0.15) is 0 Å². The maximum atomic E-state index is 6.09. The maximum absolute atomic E-state index is 6.09. The number of thioether (sulfide) groups is 1. The van der Waals surface area contributed by atoms with Crippen LogP contribution in [0.1, 0.15) is 0 Å². The minimum absolute atomic E-state index is 0.416. The molecule has 2 aromatic carbocycles. The minimum Gasteiger partial charge on any atom is -0.282 e. The van der Waals surface area contributed by atoms with Crippen molar-refractivity contribution in [2.24, 2.45) is 0 Å². The first kappa shape index (κ1) is 26.8. The highest BCUT2D eigenvalue weighted by atomic mass is 127. The molecule has 0 aliphatic heterocycles. The van der Waals surface area contributed by atoms with Crippen molar-refractivity contribution in [3.8, 4) is 22.8 Å². The Morgan fingerprint density at radius 3 is 1.87 bits per heavy atom. The summed E-state index contributed by atoms with van der Waals surface area (Å²) in [5.41, 5.74) is 1.68. The zero-order valence-electron chi connectivity index (χ0n) is 16.0. The van der Waals surface area contributed by atoms with E-state index >= 15 is 0 Å². The number of aromatic amines is 3. The van der Waals surface area contributed by atoms with Gasteiger partial charge in [0, 0.05) is 20.1 Å². The Labute approximate surface area is 229 Å². The minimum atomic E-state index is 0.416. The van der Waals surface area contributed by atoms with Gasteiger partial charge in [-0.05, 0) is 59.8 Å². The second-order valence-electron chi connectivity index (χ2n) is 5.43. The van der Waals surface area contributed by atoms with Gasteiger partial charge in [0.25, 0.3) is 0 Å². The lowest BCUT2D eigenvalue weighted by atomic mass is 10.2. The molecule has 0 spiro atoms. The summed E-state index contributed by atoms with van der Waals surface area (Å²) in [7, 11) is 0. The van der Waals surface area contributed by atoms with Crippen LogP contribution in [0.25, 0.3) is 22.8 Å². The molecule has 3 N–H and O–H groups in total. The highest BCUT2D eigenvalue weighted by molar-refractivity contribution is 14.1. The molecular formula is C18H15Br2Cl2IN6S2. The van der Waals surface area contributed by atoms with Crippen molar-refractivity contribution in [2.75, 3.05) is 11.2 Å². The van der Waals surface area contributed by atoms with Gasteiger partial charge in [-0.25, -0.2) is 4.98 Å². The van der Waals surface area contributed by atoms with E-state index in [1.165, 1.54) is 11.8 Å². The van der Waals surface area contributed by atoms with Crippen molar-refractivity contribution >= 4 is 102 Å². The molecule has 0 saturated carbocycles. The molecular weight excluding hydrogens is 722 g/mol. The van der Waals surface area contributed by atoms with Crippen LogP contribution in [0.5, 0.6) is 0 Å². The van der Waals surface area contributed by atoms with E-state index in [2.05, 4.69) is 84.8 Å². The quantitative estimate of drug-likeness (QED) is 0.0855. The van der Waals surface area contributed by atoms with E-state index in [9.17, 15) is 0 Å². The number of nitrogens with zero attached hydrogens (tertiary/aromatic N) is 3. The molecule has 6 nitrogen and oxygen atoms in total. The summed E-state index contributed by atoms with van der Waals surface area (Å²) in [5.74, 6) is 1.34. The molecule has 0 atom stereocenters. The summed E-state index contributed by atoms with van der Waals surface area (Å²) in [6.07, 6.45) is 1.93. The molecule has 0 radical (unpaired) electrons. The first-order valence-corrected chi connectivity index (χ1v) is 14.4. The number of aromatic nitrogens is 6. The third-order valence-corrected chi connectivity index (χ3v) is 5.87. The van der Waals surface area contributed by atoms with E-state index in [1.54, 1.807) is 0 Å². The smallest absolute Gasteiger partial charge is 0.213 e. The molecule has 4 rings (SSSR count). The van der Waals surface area contributed by atoms with Gasteiger partial charge in [-0.2, -0.15) is 4.98 Å². The molecule has 2 aromatic heterocycles. The SMILES string of the molecule is CI.CSc1n[nH]c(-c2ccc(Br)cc2Cl)n1.S=c1nc(-c2ccc(Br)cc2Cl)[nH][nH]1. The average molecular weight is 737 g/mol. The predicted molar refractivity (Wildman–Crippen MR) is 148 cm³/mol. The summed E-state index contributed by atoms with van der Waals surface area (Å²) in [4.78, 5) is 10.3. The summed E-state index contributed by atoms with van der Waals surface area (Å²) in [6.45, 7) is 0. The predicted octanol–water partition coefficient (Wildman–Crippen LogP) is 8.21. The highest BCUT2D eigenvalue weighted by Crippen LogP contribution is 2.29. The third-order valence-electron chi connectivity index (χ3n) is 3.52. The standard InChI is InChI=1S/C9H7BrClN3S.C8H5BrClN3S.CH3I/c1-15-9-12-8(13-14-9)6-3-2-5(10)4-7(6)11;9-4-1-2-5(6(10)3-4)7-11-8(14)13-12-7;1-2/h2-4H,1H3,(H,12,13,14);1-3H,(H2,11,12,13,14);1H3. The van der Waals surface area contributed by atoms with Crippen LogP contribution in [0.4, 0.5) is 0 Å². The van der Waals surface area contributed by atoms with Crippen molar-refractivity contribution < 1.29 is 0 Å². The molecule has 0 unspecified atom stereocenters. The Hall–Kier alpha value is -0.440. The molecule has 2 heterocycles. The Balaban J connectivity index is 0.000000204. The third kappa shape index (κ3) is 7.83. The fourth-order valence-corrected chi connectivity index (χ4v) is 4.21. The van der Waals surface area contributed by atoms with Crippen LogP contribution in [0.2, 0.25) is 10.0 Å². The number of alkyl halides is 1. The summed E-state index contributed by atoms with van der Waals surface area (Å²) >= 11 is 27.3. The normalized spacial score (nSPS) is 10.0. The zero-order chi connectivity index (χ0) is 23.0. The highest BCUT2D eigenvalue weighted by Gasteiger charge is 2.09. The van der Waals surface area contributed by atoms with Crippen LogP contribution >= 0.6 is 102 Å². The molecule has 0 saturated heterocycles. The Morgan fingerprint density at radius 1 is 0.903 bits per heavy atom. The summed E-state index contributed by atoms with van der Waals surface area (Å²) in [6, 6.07) is 11.2. The number of hydrogen-bond acceptors (Lipinski definition) is 5. The largest absolute Gasteiger partial charge is 0.282 e. The summed E-state index contributed by atoms with van der Waals surface area (Å²) < 4.78 is 2.29.